The van der Waals surface area contributed by atoms with Crippen LogP contribution in [0, 0.1) is 5.92 Å². The third-order valence-corrected chi connectivity index (χ3v) is 5.70. The maximum absolute atomic E-state index is 11.8. The molecule has 0 spiro atoms. The molecule has 3 nitrogen and oxygen atoms in total. The van der Waals surface area contributed by atoms with Crippen LogP contribution >= 0.6 is 15.9 Å². The molecule has 5 heteroatoms. The van der Waals surface area contributed by atoms with E-state index in [0.717, 1.165) is 23.9 Å². The predicted molar refractivity (Wildman–Crippen MR) is 88.8 cm³/mol. The summed E-state index contributed by atoms with van der Waals surface area (Å²) in [4.78, 5) is 0. The second-order valence-corrected chi connectivity index (χ2v) is 8.41. The molecule has 0 aromatic heterocycles. The molecule has 1 atom stereocenters. The molecular weight excluding hydrogens is 338 g/mol. The van der Waals surface area contributed by atoms with Gasteiger partial charge in [0, 0.05) is 10.2 Å². The van der Waals surface area contributed by atoms with Gasteiger partial charge in [0.15, 0.2) is 0 Å². The lowest BCUT2D eigenvalue weighted by molar-refractivity contribution is 0.477. The van der Waals surface area contributed by atoms with Crippen LogP contribution in [0.1, 0.15) is 25.3 Å². The van der Waals surface area contributed by atoms with E-state index in [2.05, 4.69) is 33.4 Å². The summed E-state index contributed by atoms with van der Waals surface area (Å²) in [5.41, 5.74) is 1.25. The molecule has 0 aliphatic rings. The summed E-state index contributed by atoms with van der Waals surface area (Å²) in [6, 6.07) is 8.24. The van der Waals surface area contributed by atoms with E-state index in [1.54, 1.807) is 0 Å². The summed E-state index contributed by atoms with van der Waals surface area (Å²) < 4.78 is 24.7. The lowest BCUT2D eigenvalue weighted by Crippen LogP contribution is -2.24. The highest BCUT2D eigenvalue weighted by atomic mass is 79.9. The highest BCUT2D eigenvalue weighted by Gasteiger charge is 2.15. The number of hydrogen-bond acceptors (Lipinski definition) is 3. The standard InChI is InChI=1S/C15H24BrNO2S/c1-3-9-20(18,19)10-8-14(12-17-2)11-13-4-6-15(16)7-5-13/h4-7,14,17H,3,8-12H2,1-2H3. The molecule has 0 aliphatic heterocycles. The first kappa shape index (κ1) is 17.7. The molecule has 1 aromatic carbocycles. The van der Waals surface area contributed by atoms with Gasteiger partial charge in [-0.05, 0) is 56.5 Å². The Morgan fingerprint density at radius 3 is 2.40 bits per heavy atom. The Hall–Kier alpha value is -0.390. The minimum atomic E-state index is -2.88. The van der Waals surface area contributed by atoms with E-state index in [4.69, 9.17) is 0 Å². The molecule has 0 radical (unpaired) electrons. The third kappa shape index (κ3) is 6.86. The van der Waals surface area contributed by atoms with Crippen molar-refractivity contribution in [2.45, 2.75) is 26.2 Å². The maximum Gasteiger partial charge on any atom is 0.150 e. The van der Waals surface area contributed by atoms with Gasteiger partial charge in [-0.3, -0.25) is 0 Å². The van der Waals surface area contributed by atoms with Crippen molar-refractivity contribution in [2.24, 2.45) is 5.92 Å². The highest BCUT2D eigenvalue weighted by Crippen LogP contribution is 2.16. The summed E-state index contributed by atoms with van der Waals surface area (Å²) in [6.45, 7) is 2.75. The van der Waals surface area contributed by atoms with Crippen LogP contribution in [0.15, 0.2) is 28.7 Å². The molecule has 1 unspecified atom stereocenters. The van der Waals surface area contributed by atoms with E-state index < -0.39 is 9.84 Å². The Bertz CT molecular complexity index is 485. The molecule has 1 rings (SSSR count). The summed E-state index contributed by atoms with van der Waals surface area (Å²) in [5, 5.41) is 3.16. The summed E-state index contributed by atoms with van der Waals surface area (Å²) >= 11 is 3.42. The molecule has 20 heavy (non-hydrogen) atoms. The monoisotopic (exact) mass is 361 g/mol. The lowest BCUT2D eigenvalue weighted by atomic mass is 9.97. The number of benzene rings is 1. The van der Waals surface area contributed by atoms with E-state index in [-0.39, 0.29) is 0 Å². The average Bonchev–Trinajstić information content (AvgIpc) is 2.39. The van der Waals surface area contributed by atoms with E-state index in [1.165, 1.54) is 5.56 Å². The van der Waals surface area contributed by atoms with Crippen LogP contribution in [-0.2, 0) is 16.3 Å². The van der Waals surface area contributed by atoms with Gasteiger partial charge < -0.3 is 5.32 Å². The fourth-order valence-corrected chi connectivity index (χ4v) is 4.06. The van der Waals surface area contributed by atoms with Crippen molar-refractivity contribution < 1.29 is 8.42 Å². The van der Waals surface area contributed by atoms with Crippen LogP contribution in [0.5, 0.6) is 0 Å². The van der Waals surface area contributed by atoms with Gasteiger partial charge in [0.05, 0.1) is 5.75 Å². The largest absolute Gasteiger partial charge is 0.319 e. The minimum absolute atomic E-state index is 0.295. The minimum Gasteiger partial charge on any atom is -0.319 e. The highest BCUT2D eigenvalue weighted by molar-refractivity contribution is 9.10. The third-order valence-electron chi connectivity index (χ3n) is 3.28. The van der Waals surface area contributed by atoms with Crippen LogP contribution in [0.3, 0.4) is 0 Å². The zero-order valence-electron chi connectivity index (χ0n) is 12.2. The Balaban J connectivity index is 2.58. The Morgan fingerprint density at radius 2 is 1.85 bits per heavy atom. The quantitative estimate of drug-likeness (QED) is 0.735. The molecule has 0 bridgehead atoms. The molecule has 0 heterocycles. The molecule has 0 fully saturated rings. The molecule has 0 aliphatic carbocycles. The molecule has 0 saturated carbocycles. The van der Waals surface area contributed by atoms with Gasteiger partial charge >= 0.3 is 0 Å². The van der Waals surface area contributed by atoms with Gasteiger partial charge in [-0.15, -0.1) is 0 Å². The summed E-state index contributed by atoms with van der Waals surface area (Å²) in [6.07, 6.45) is 2.33. The van der Waals surface area contributed by atoms with E-state index in [9.17, 15) is 8.42 Å². The van der Waals surface area contributed by atoms with Gasteiger partial charge in [-0.2, -0.15) is 0 Å². The molecule has 114 valence electrons. The fourth-order valence-electron chi connectivity index (χ4n) is 2.28. The van der Waals surface area contributed by atoms with Crippen molar-refractivity contribution in [1.29, 1.82) is 0 Å². The van der Waals surface area contributed by atoms with E-state index in [0.29, 0.717) is 23.8 Å². The van der Waals surface area contributed by atoms with Crippen molar-refractivity contribution in [3.63, 3.8) is 0 Å². The van der Waals surface area contributed by atoms with Crippen molar-refractivity contribution in [3.05, 3.63) is 34.3 Å². The first-order valence-electron chi connectivity index (χ1n) is 7.06. The van der Waals surface area contributed by atoms with Gasteiger partial charge in [0.2, 0.25) is 0 Å². The number of sulfone groups is 1. The number of hydrogen-bond donors (Lipinski definition) is 1. The molecule has 1 aromatic rings. The smallest absolute Gasteiger partial charge is 0.150 e. The second-order valence-electron chi connectivity index (χ2n) is 5.19. The van der Waals surface area contributed by atoms with Crippen LogP contribution in [0.4, 0.5) is 0 Å². The van der Waals surface area contributed by atoms with Crippen molar-refractivity contribution in [1.82, 2.24) is 5.32 Å². The van der Waals surface area contributed by atoms with E-state index in [1.807, 2.05) is 26.1 Å². The Kier molecular flexibility index (Phi) is 7.77. The van der Waals surface area contributed by atoms with Gasteiger partial charge in [-0.25, -0.2) is 8.42 Å². The summed E-state index contributed by atoms with van der Waals surface area (Å²) in [7, 11) is -0.967. The average molecular weight is 362 g/mol. The van der Waals surface area contributed by atoms with Crippen LogP contribution < -0.4 is 5.32 Å². The molecule has 1 N–H and O–H groups in total. The fraction of sp³-hybridized carbons (Fsp3) is 0.600. The Morgan fingerprint density at radius 1 is 1.20 bits per heavy atom. The van der Waals surface area contributed by atoms with Gasteiger partial charge in [0.25, 0.3) is 0 Å². The van der Waals surface area contributed by atoms with E-state index >= 15 is 0 Å². The topological polar surface area (TPSA) is 46.2 Å². The molecule has 0 saturated heterocycles. The molecule has 0 amide bonds. The normalized spacial score (nSPS) is 13.3. The lowest BCUT2D eigenvalue weighted by Gasteiger charge is -2.16. The van der Waals surface area contributed by atoms with Gasteiger partial charge in [-0.1, -0.05) is 35.0 Å². The number of nitrogens with one attached hydrogen (secondary N) is 1. The van der Waals surface area contributed by atoms with Crippen molar-refractivity contribution in [2.75, 3.05) is 25.1 Å². The van der Waals surface area contributed by atoms with Crippen LogP contribution in [-0.4, -0.2) is 33.5 Å². The van der Waals surface area contributed by atoms with Crippen LogP contribution in [0.2, 0.25) is 0 Å². The van der Waals surface area contributed by atoms with Crippen molar-refractivity contribution >= 4 is 25.8 Å². The number of rotatable bonds is 9. The van der Waals surface area contributed by atoms with Gasteiger partial charge in [0.1, 0.15) is 9.84 Å². The zero-order chi connectivity index (χ0) is 15.0. The maximum atomic E-state index is 11.8. The Labute approximate surface area is 131 Å². The summed E-state index contributed by atoms with van der Waals surface area (Å²) in [5.74, 6) is 0.953. The van der Waals surface area contributed by atoms with Crippen molar-refractivity contribution in [3.8, 4) is 0 Å². The first-order valence-corrected chi connectivity index (χ1v) is 9.67. The SMILES string of the molecule is CCCS(=O)(=O)CCC(CNC)Cc1ccc(Br)cc1. The zero-order valence-corrected chi connectivity index (χ0v) is 14.6. The number of halogens is 1. The predicted octanol–water partition coefficient (Wildman–Crippen LogP) is 3.04. The molecular formula is C15H24BrNO2S. The second kappa shape index (κ2) is 8.80. The first-order chi connectivity index (χ1) is 9.46. The van der Waals surface area contributed by atoms with Crippen LogP contribution in [0.25, 0.3) is 0 Å².